The van der Waals surface area contributed by atoms with Crippen LogP contribution in [0, 0.1) is 0 Å². The number of hydrogen-bond donors (Lipinski definition) is 1. The van der Waals surface area contributed by atoms with E-state index in [1.165, 1.54) is 29.5 Å². The fourth-order valence-corrected chi connectivity index (χ4v) is 1.95. The Morgan fingerprint density at radius 2 is 2.00 bits per heavy atom. The van der Waals surface area contributed by atoms with Gasteiger partial charge < -0.3 is 10.5 Å². The average molecular weight is 274 g/mol. The number of para-hydroxylation sites is 1. The van der Waals surface area contributed by atoms with Gasteiger partial charge in [-0.05, 0) is 12.1 Å². The van der Waals surface area contributed by atoms with Crippen molar-refractivity contribution in [3.05, 3.63) is 40.2 Å². The second-order valence-corrected chi connectivity index (χ2v) is 4.39. The molecule has 0 radical (unpaired) electrons. The topological polar surface area (TPSA) is 48.1 Å². The third-order valence-electron chi connectivity index (χ3n) is 2.11. The Hall–Kier alpha value is -1.76. The molecule has 0 aliphatic rings. The monoisotopic (exact) mass is 274 g/mol. The molecule has 0 spiro atoms. The van der Waals surface area contributed by atoms with Gasteiger partial charge in [-0.1, -0.05) is 12.1 Å². The van der Waals surface area contributed by atoms with Crippen LogP contribution in [-0.2, 0) is 12.8 Å². The fourth-order valence-electron chi connectivity index (χ4n) is 1.36. The molecule has 2 aromatic rings. The van der Waals surface area contributed by atoms with Crippen LogP contribution in [0.5, 0.6) is 5.75 Å². The molecule has 0 unspecified atom stereocenters. The van der Waals surface area contributed by atoms with Crippen molar-refractivity contribution < 1.29 is 17.9 Å². The zero-order valence-corrected chi connectivity index (χ0v) is 9.89. The summed E-state index contributed by atoms with van der Waals surface area (Å²) in [4.78, 5) is 3.91. The first-order valence-electron chi connectivity index (χ1n) is 4.96. The number of rotatable bonds is 3. The second kappa shape index (κ2) is 4.85. The summed E-state index contributed by atoms with van der Waals surface area (Å²) in [6, 6.07) is 5.06. The molecule has 18 heavy (non-hydrogen) atoms. The van der Waals surface area contributed by atoms with Crippen LogP contribution in [0.4, 0.5) is 19.0 Å². The first-order chi connectivity index (χ1) is 8.47. The van der Waals surface area contributed by atoms with E-state index in [1.54, 1.807) is 5.38 Å². The Kier molecular flexibility index (Phi) is 3.42. The van der Waals surface area contributed by atoms with E-state index in [0.717, 1.165) is 6.07 Å². The molecule has 0 saturated carbocycles. The molecule has 0 aliphatic heterocycles. The van der Waals surface area contributed by atoms with Gasteiger partial charge in [-0.3, -0.25) is 0 Å². The summed E-state index contributed by atoms with van der Waals surface area (Å²) < 4.78 is 43.1. The van der Waals surface area contributed by atoms with Crippen LogP contribution < -0.4 is 10.5 Å². The maximum Gasteiger partial charge on any atom is 0.419 e. The molecule has 1 aromatic heterocycles. The summed E-state index contributed by atoms with van der Waals surface area (Å²) >= 11 is 1.24. The third kappa shape index (κ3) is 2.92. The van der Waals surface area contributed by atoms with Gasteiger partial charge in [0.25, 0.3) is 0 Å². The Morgan fingerprint density at radius 3 is 2.61 bits per heavy atom. The number of benzene rings is 1. The molecule has 1 aromatic carbocycles. The lowest BCUT2D eigenvalue weighted by Crippen LogP contribution is -2.08. The van der Waals surface area contributed by atoms with Crippen molar-refractivity contribution in [3.8, 4) is 5.75 Å². The Morgan fingerprint density at radius 1 is 1.28 bits per heavy atom. The molecule has 0 amide bonds. The summed E-state index contributed by atoms with van der Waals surface area (Å²) in [7, 11) is 0. The van der Waals surface area contributed by atoms with Crippen molar-refractivity contribution >= 4 is 17.2 Å². The minimum Gasteiger partial charge on any atom is -0.486 e. The third-order valence-corrected chi connectivity index (χ3v) is 2.95. The highest BCUT2D eigenvalue weighted by molar-refractivity contribution is 7.09. The second-order valence-electron chi connectivity index (χ2n) is 3.45. The zero-order valence-electron chi connectivity index (χ0n) is 9.07. The molecule has 3 nitrogen and oxygen atoms in total. The Balaban J connectivity index is 2.14. The van der Waals surface area contributed by atoms with Gasteiger partial charge >= 0.3 is 6.18 Å². The smallest absolute Gasteiger partial charge is 0.419 e. The molecule has 7 heteroatoms. The minimum atomic E-state index is -4.43. The van der Waals surface area contributed by atoms with Crippen molar-refractivity contribution in [3.63, 3.8) is 0 Å². The van der Waals surface area contributed by atoms with Crippen LogP contribution in [0.2, 0.25) is 0 Å². The molecule has 0 atom stereocenters. The number of alkyl halides is 3. The SMILES string of the molecule is Nc1csc(COc2ccccc2C(F)(F)F)n1. The molecule has 0 bridgehead atoms. The number of aromatic nitrogens is 1. The predicted molar refractivity (Wildman–Crippen MR) is 62.3 cm³/mol. The van der Waals surface area contributed by atoms with E-state index in [0.29, 0.717) is 10.8 Å². The van der Waals surface area contributed by atoms with Gasteiger partial charge in [-0.25, -0.2) is 4.98 Å². The lowest BCUT2D eigenvalue weighted by Gasteiger charge is -2.12. The highest BCUT2D eigenvalue weighted by atomic mass is 32.1. The highest BCUT2D eigenvalue weighted by Crippen LogP contribution is 2.36. The van der Waals surface area contributed by atoms with Crippen LogP contribution in [0.25, 0.3) is 0 Å². The predicted octanol–water partition coefficient (Wildman–Crippen LogP) is 3.32. The van der Waals surface area contributed by atoms with E-state index >= 15 is 0 Å². The molecular weight excluding hydrogens is 265 g/mol. The number of nitrogen functional groups attached to an aromatic ring is 1. The van der Waals surface area contributed by atoms with Crippen LogP contribution in [0.15, 0.2) is 29.6 Å². The maximum atomic E-state index is 12.7. The van der Waals surface area contributed by atoms with Gasteiger partial charge in [0.1, 0.15) is 23.2 Å². The van der Waals surface area contributed by atoms with E-state index in [2.05, 4.69) is 4.98 Å². The van der Waals surface area contributed by atoms with Gasteiger partial charge in [0.15, 0.2) is 0 Å². The van der Waals surface area contributed by atoms with Crippen molar-refractivity contribution in [2.24, 2.45) is 0 Å². The summed E-state index contributed by atoms with van der Waals surface area (Å²) in [5.41, 5.74) is 4.61. The van der Waals surface area contributed by atoms with Gasteiger partial charge in [-0.15, -0.1) is 11.3 Å². The highest BCUT2D eigenvalue weighted by Gasteiger charge is 2.34. The van der Waals surface area contributed by atoms with Crippen molar-refractivity contribution in [2.75, 3.05) is 5.73 Å². The van der Waals surface area contributed by atoms with E-state index in [1.807, 2.05) is 0 Å². The molecule has 2 rings (SSSR count). The molecule has 0 fully saturated rings. The number of anilines is 1. The zero-order chi connectivity index (χ0) is 13.2. The van der Waals surface area contributed by atoms with E-state index in [9.17, 15) is 13.2 Å². The van der Waals surface area contributed by atoms with Crippen LogP contribution in [0.1, 0.15) is 10.6 Å². The van der Waals surface area contributed by atoms with Crippen molar-refractivity contribution in [1.82, 2.24) is 4.98 Å². The van der Waals surface area contributed by atoms with Gasteiger partial charge in [0, 0.05) is 5.38 Å². The largest absolute Gasteiger partial charge is 0.486 e. The summed E-state index contributed by atoms with van der Waals surface area (Å²) in [6.45, 7) is -0.0328. The molecule has 2 N–H and O–H groups in total. The number of nitrogens with zero attached hydrogens (tertiary/aromatic N) is 1. The summed E-state index contributed by atoms with van der Waals surface area (Å²) in [6.07, 6.45) is -4.43. The number of nitrogens with two attached hydrogens (primary N) is 1. The normalized spacial score (nSPS) is 11.5. The number of thiazole rings is 1. The first kappa shape index (κ1) is 12.7. The summed E-state index contributed by atoms with van der Waals surface area (Å²) in [5.74, 6) is 0.126. The fraction of sp³-hybridized carbons (Fsp3) is 0.182. The van der Waals surface area contributed by atoms with E-state index in [4.69, 9.17) is 10.5 Å². The minimum absolute atomic E-state index is 0.0328. The Labute approximate surface area is 105 Å². The van der Waals surface area contributed by atoms with Crippen LogP contribution >= 0.6 is 11.3 Å². The number of hydrogen-bond acceptors (Lipinski definition) is 4. The van der Waals surface area contributed by atoms with E-state index in [-0.39, 0.29) is 12.4 Å². The number of halogens is 3. The lowest BCUT2D eigenvalue weighted by atomic mass is 10.2. The average Bonchev–Trinajstić information content (AvgIpc) is 2.72. The molecular formula is C11H9F3N2OS. The molecule has 1 heterocycles. The molecule has 96 valence electrons. The maximum absolute atomic E-state index is 12.7. The lowest BCUT2D eigenvalue weighted by molar-refractivity contribution is -0.139. The summed E-state index contributed by atoms with van der Waals surface area (Å²) in [5, 5.41) is 2.14. The molecule has 0 aliphatic carbocycles. The van der Waals surface area contributed by atoms with Crippen LogP contribution in [-0.4, -0.2) is 4.98 Å². The first-order valence-corrected chi connectivity index (χ1v) is 5.83. The van der Waals surface area contributed by atoms with Crippen LogP contribution in [0.3, 0.4) is 0 Å². The van der Waals surface area contributed by atoms with Crippen molar-refractivity contribution in [1.29, 1.82) is 0 Å². The van der Waals surface area contributed by atoms with Gasteiger partial charge in [-0.2, -0.15) is 13.2 Å². The Bertz CT molecular complexity index is 539. The van der Waals surface area contributed by atoms with Gasteiger partial charge in [0.2, 0.25) is 0 Å². The van der Waals surface area contributed by atoms with Gasteiger partial charge in [0.05, 0.1) is 5.56 Å². The van der Waals surface area contributed by atoms with Crippen molar-refractivity contribution in [2.45, 2.75) is 12.8 Å². The standard InChI is InChI=1S/C11H9F3N2OS/c12-11(13,14)7-3-1-2-4-8(7)17-5-10-16-9(15)6-18-10/h1-4,6H,5,15H2. The molecule has 0 saturated heterocycles. The number of ether oxygens (including phenoxy) is 1. The van der Waals surface area contributed by atoms with E-state index < -0.39 is 11.7 Å². The quantitative estimate of drug-likeness (QED) is 0.934.